The quantitative estimate of drug-likeness (QED) is 0.379. The number of terminal acetylenes is 1. The standard InChI is InChI=1S/C21H14BrClFNO4S/c1-3-7-29-19-14(22)8-12(9-17(19)28-2)10-18-20(26)25(21(27)30-18)11-13-15(23)5-4-6-16(13)24/h1,4-6,8-10H,7,11H2,2H3/b18-10-. The van der Waals surface area contributed by atoms with E-state index >= 15 is 0 Å². The zero-order valence-corrected chi connectivity index (χ0v) is 18.7. The molecule has 0 saturated carbocycles. The molecule has 5 nitrogen and oxygen atoms in total. The van der Waals surface area contributed by atoms with E-state index < -0.39 is 17.0 Å². The van der Waals surface area contributed by atoms with E-state index in [1.54, 1.807) is 18.2 Å². The summed E-state index contributed by atoms with van der Waals surface area (Å²) in [6.07, 6.45) is 6.77. The maximum atomic E-state index is 14.1. The van der Waals surface area contributed by atoms with E-state index in [1.807, 2.05) is 0 Å². The Bertz CT molecular complexity index is 1080. The van der Waals surface area contributed by atoms with E-state index in [2.05, 4.69) is 21.9 Å². The highest BCUT2D eigenvalue weighted by atomic mass is 79.9. The lowest BCUT2D eigenvalue weighted by atomic mass is 10.1. The van der Waals surface area contributed by atoms with Crippen LogP contribution in [0.1, 0.15) is 11.1 Å². The van der Waals surface area contributed by atoms with Gasteiger partial charge < -0.3 is 9.47 Å². The Morgan fingerprint density at radius 1 is 1.37 bits per heavy atom. The van der Waals surface area contributed by atoms with Gasteiger partial charge in [0.1, 0.15) is 12.4 Å². The summed E-state index contributed by atoms with van der Waals surface area (Å²) in [4.78, 5) is 26.3. The van der Waals surface area contributed by atoms with Crippen molar-refractivity contribution in [3.05, 3.63) is 61.7 Å². The molecule has 154 valence electrons. The van der Waals surface area contributed by atoms with Gasteiger partial charge in [0, 0.05) is 10.6 Å². The van der Waals surface area contributed by atoms with Gasteiger partial charge in [-0.2, -0.15) is 0 Å². The molecule has 2 aromatic carbocycles. The first kappa shape index (κ1) is 22.2. The molecule has 0 unspecified atom stereocenters. The van der Waals surface area contributed by atoms with Crippen LogP contribution in [-0.4, -0.2) is 29.8 Å². The summed E-state index contributed by atoms with van der Waals surface area (Å²) in [5.74, 6) is 2.09. The number of thioether (sulfide) groups is 1. The molecule has 9 heteroatoms. The Morgan fingerprint density at radius 3 is 2.80 bits per heavy atom. The van der Waals surface area contributed by atoms with E-state index in [0.29, 0.717) is 21.5 Å². The van der Waals surface area contributed by atoms with Crippen molar-refractivity contribution >= 4 is 56.5 Å². The van der Waals surface area contributed by atoms with Crippen molar-refractivity contribution in [3.8, 4) is 23.8 Å². The minimum atomic E-state index is -0.582. The van der Waals surface area contributed by atoms with Crippen LogP contribution in [0.5, 0.6) is 11.5 Å². The number of ether oxygens (including phenoxy) is 2. The summed E-state index contributed by atoms with van der Waals surface area (Å²) >= 11 is 10.2. The molecular formula is C21H14BrClFNO4S. The third-order valence-corrected chi connectivity index (χ3v) is 5.95. The fourth-order valence-electron chi connectivity index (χ4n) is 2.71. The van der Waals surface area contributed by atoms with E-state index in [-0.39, 0.29) is 28.6 Å². The third-order valence-electron chi connectivity index (χ3n) is 4.10. The number of hydrogen-bond acceptors (Lipinski definition) is 5. The van der Waals surface area contributed by atoms with Crippen molar-refractivity contribution in [2.24, 2.45) is 0 Å². The van der Waals surface area contributed by atoms with Crippen molar-refractivity contribution in [2.45, 2.75) is 6.54 Å². The lowest BCUT2D eigenvalue weighted by Gasteiger charge is -2.14. The van der Waals surface area contributed by atoms with Crippen LogP contribution in [0.25, 0.3) is 6.08 Å². The van der Waals surface area contributed by atoms with Crippen molar-refractivity contribution in [1.29, 1.82) is 0 Å². The van der Waals surface area contributed by atoms with Gasteiger partial charge in [-0.1, -0.05) is 23.6 Å². The Hall–Kier alpha value is -2.47. The largest absolute Gasteiger partial charge is 0.493 e. The summed E-state index contributed by atoms with van der Waals surface area (Å²) in [5, 5.41) is -0.361. The van der Waals surface area contributed by atoms with Gasteiger partial charge in [-0.15, -0.1) is 6.42 Å². The normalized spacial score (nSPS) is 14.9. The van der Waals surface area contributed by atoms with Crippen LogP contribution < -0.4 is 9.47 Å². The van der Waals surface area contributed by atoms with Crippen LogP contribution in [-0.2, 0) is 11.3 Å². The van der Waals surface area contributed by atoms with Gasteiger partial charge >= 0.3 is 0 Å². The number of rotatable bonds is 6. The molecule has 1 aliphatic heterocycles. The molecule has 0 radical (unpaired) electrons. The first-order chi connectivity index (χ1) is 14.3. The highest BCUT2D eigenvalue weighted by molar-refractivity contribution is 9.10. The molecule has 0 atom stereocenters. The molecule has 1 aliphatic rings. The van der Waals surface area contributed by atoms with Crippen LogP contribution in [0.2, 0.25) is 5.02 Å². The zero-order chi connectivity index (χ0) is 21.8. The number of carbonyl (C=O) groups is 2. The summed E-state index contributed by atoms with van der Waals surface area (Å²) < 4.78 is 25.4. The summed E-state index contributed by atoms with van der Waals surface area (Å²) in [7, 11) is 1.47. The molecule has 1 fully saturated rings. The smallest absolute Gasteiger partial charge is 0.293 e. The fourth-order valence-corrected chi connectivity index (χ4v) is 4.34. The number of halogens is 3. The van der Waals surface area contributed by atoms with Gasteiger partial charge in [0.2, 0.25) is 0 Å². The second kappa shape index (κ2) is 9.56. The molecule has 2 aromatic rings. The maximum absolute atomic E-state index is 14.1. The summed E-state index contributed by atoms with van der Waals surface area (Å²) in [6, 6.07) is 7.54. The Balaban J connectivity index is 1.88. The maximum Gasteiger partial charge on any atom is 0.293 e. The van der Waals surface area contributed by atoms with E-state index in [9.17, 15) is 14.0 Å². The van der Waals surface area contributed by atoms with E-state index in [0.717, 1.165) is 16.7 Å². The van der Waals surface area contributed by atoms with Gasteiger partial charge in [-0.3, -0.25) is 14.5 Å². The van der Waals surface area contributed by atoms with Crippen molar-refractivity contribution in [2.75, 3.05) is 13.7 Å². The van der Waals surface area contributed by atoms with Gasteiger partial charge in [0.05, 0.1) is 23.0 Å². The molecule has 0 N–H and O–H groups in total. The summed E-state index contributed by atoms with van der Waals surface area (Å²) in [6.45, 7) is -0.189. The highest BCUT2D eigenvalue weighted by Gasteiger charge is 2.36. The number of imide groups is 1. The first-order valence-corrected chi connectivity index (χ1v) is 10.5. The van der Waals surface area contributed by atoms with Gasteiger partial charge in [0.15, 0.2) is 11.5 Å². The molecule has 3 rings (SSSR count). The molecule has 0 aliphatic carbocycles. The van der Waals surface area contributed by atoms with Crippen LogP contribution >= 0.6 is 39.3 Å². The Morgan fingerprint density at radius 2 is 2.13 bits per heavy atom. The number of hydrogen-bond donors (Lipinski definition) is 0. The number of methoxy groups -OCH3 is 1. The molecular weight excluding hydrogens is 497 g/mol. The molecule has 0 bridgehead atoms. The topological polar surface area (TPSA) is 55.8 Å². The molecule has 1 saturated heterocycles. The Kier molecular flexibility index (Phi) is 7.08. The second-order valence-corrected chi connectivity index (χ2v) is 8.25. The minimum absolute atomic E-state index is 0.0613. The Labute approximate surface area is 190 Å². The van der Waals surface area contributed by atoms with Crippen molar-refractivity contribution < 1.29 is 23.5 Å². The van der Waals surface area contributed by atoms with Crippen molar-refractivity contribution in [3.63, 3.8) is 0 Å². The number of carbonyl (C=O) groups excluding carboxylic acids is 2. The molecule has 2 amide bonds. The van der Waals surface area contributed by atoms with Gasteiger partial charge in [-0.05, 0) is 63.6 Å². The lowest BCUT2D eigenvalue weighted by Crippen LogP contribution is -2.28. The van der Waals surface area contributed by atoms with Crippen LogP contribution in [0.15, 0.2) is 39.7 Å². The van der Waals surface area contributed by atoms with Crippen LogP contribution in [0.4, 0.5) is 9.18 Å². The number of benzene rings is 2. The predicted octanol–water partition coefficient (Wildman–Crippen LogP) is 5.50. The molecule has 0 aromatic heterocycles. The number of amides is 2. The minimum Gasteiger partial charge on any atom is -0.493 e. The second-order valence-electron chi connectivity index (χ2n) is 5.99. The SMILES string of the molecule is C#CCOc1c(Br)cc(/C=C2\SC(=O)N(Cc3c(F)cccc3Cl)C2=O)cc1OC. The van der Waals surface area contributed by atoms with E-state index in [1.165, 1.54) is 25.3 Å². The molecule has 0 spiro atoms. The highest BCUT2D eigenvalue weighted by Crippen LogP contribution is 2.39. The lowest BCUT2D eigenvalue weighted by molar-refractivity contribution is -0.123. The van der Waals surface area contributed by atoms with Crippen molar-refractivity contribution in [1.82, 2.24) is 4.90 Å². The average Bonchev–Trinajstić information content (AvgIpc) is 2.96. The third kappa shape index (κ3) is 4.64. The summed E-state index contributed by atoms with van der Waals surface area (Å²) in [5.41, 5.74) is 0.684. The number of nitrogens with zero attached hydrogens (tertiary/aromatic N) is 1. The average molecular weight is 511 g/mol. The fraction of sp³-hybridized carbons (Fsp3) is 0.143. The van der Waals surface area contributed by atoms with E-state index in [4.69, 9.17) is 27.5 Å². The first-order valence-electron chi connectivity index (χ1n) is 8.47. The monoisotopic (exact) mass is 509 g/mol. The van der Waals surface area contributed by atoms with Crippen LogP contribution in [0.3, 0.4) is 0 Å². The molecule has 30 heavy (non-hydrogen) atoms. The predicted molar refractivity (Wildman–Crippen MR) is 118 cm³/mol. The zero-order valence-electron chi connectivity index (χ0n) is 15.6. The molecule has 1 heterocycles. The van der Waals surface area contributed by atoms with Gasteiger partial charge in [-0.25, -0.2) is 4.39 Å². The van der Waals surface area contributed by atoms with Crippen LogP contribution in [0, 0.1) is 18.2 Å². The van der Waals surface area contributed by atoms with Gasteiger partial charge in [0.25, 0.3) is 11.1 Å².